The van der Waals surface area contributed by atoms with Crippen molar-refractivity contribution in [3.8, 4) is 0 Å². The van der Waals surface area contributed by atoms with Crippen LogP contribution < -0.4 is 9.86 Å². The molecule has 0 atom stereocenters. The Bertz CT molecular complexity index is 1800. The number of aryl methyl sites for hydroxylation is 9. The third-order valence-electron chi connectivity index (χ3n) is 5.62. The smallest absolute Gasteiger partial charge is 0.229 e. The molecule has 3 aromatic rings. The Labute approximate surface area is 400 Å². The van der Waals surface area contributed by atoms with Crippen molar-refractivity contribution in [1.29, 1.82) is 0 Å². The van der Waals surface area contributed by atoms with Crippen LogP contribution in [-0.4, -0.2) is 36.4 Å². The number of hydrogen-bond donors (Lipinski definition) is 2. The van der Waals surface area contributed by atoms with Crippen LogP contribution in [0, 0.1) is 80.5 Å². The summed E-state index contributed by atoms with van der Waals surface area (Å²) >= 11 is 4.64. The molecule has 0 bridgehead atoms. The first-order valence-electron chi connectivity index (χ1n) is 13.3. The van der Waals surface area contributed by atoms with Crippen LogP contribution in [0.5, 0.6) is 0 Å². The maximum atomic E-state index is 11.8. The first-order chi connectivity index (χ1) is 20.6. The summed E-state index contributed by atoms with van der Waals surface area (Å²) in [7, 11) is -5.75. The minimum atomic E-state index is -3.77. The van der Waals surface area contributed by atoms with Gasteiger partial charge in [-0.2, -0.15) is 53.1 Å². The number of carbonyl (C=O) groups excluding carboxylic acids is 2. The van der Waals surface area contributed by atoms with Crippen LogP contribution in [0.4, 0.5) is 0 Å². The van der Waals surface area contributed by atoms with Crippen LogP contribution in [0.25, 0.3) is 0 Å². The third-order valence-corrected chi connectivity index (χ3v) is 10.1. The van der Waals surface area contributed by atoms with Gasteiger partial charge in [0, 0.05) is 123 Å². The molecule has 50 heavy (non-hydrogen) atoms. The van der Waals surface area contributed by atoms with E-state index < -0.39 is 35.0 Å². The summed E-state index contributed by atoms with van der Waals surface area (Å²) in [4.78, 5) is 20.5. The van der Waals surface area contributed by atoms with Crippen molar-refractivity contribution in [3.63, 3.8) is 0 Å². The zero-order valence-electron chi connectivity index (χ0n) is 29.7. The van der Waals surface area contributed by atoms with Crippen LogP contribution in [-0.2, 0) is 137 Å². The molecule has 0 fully saturated rings. The Kier molecular flexibility index (Phi) is 31.6. The van der Waals surface area contributed by atoms with Crippen molar-refractivity contribution in [3.05, 3.63) is 86.5 Å². The van der Waals surface area contributed by atoms with Crippen molar-refractivity contribution in [2.45, 2.75) is 90.8 Å². The van der Waals surface area contributed by atoms with Gasteiger partial charge in [0.15, 0.2) is 10.0 Å². The number of sulfonamides is 2. The summed E-state index contributed by atoms with van der Waals surface area (Å²) in [6.07, 6.45) is 0. The number of nitrogens with two attached hydrogens (primary N) is 1. The number of hydrogen-bond acceptors (Lipinski definition) is 8. The molecule has 0 unspecified atom stereocenters. The van der Waals surface area contributed by atoms with Crippen LogP contribution >= 0.6 is 46.3 Å². The summed E-state index contributed by atoms with van der Waals surface area (Å²) in [5.74, 6) is -0.598. The molecule has 3 radical (unpaired) electrons. The van der Waals surface area contributed by atoms with Crippen molar-refractivity contribution in [1.82, 2.24) is 4.72 Å². The first kappa shape index (κ1) is 60.5. The number of amides is 1. The van der Waals surface area contributed by atoms with E-state index in [1.165, 1.54) is 13.8 Å². The van der Waals surface area contributed by atoms with Gasteiger partial charge in [0.1, 0.15) is 0 Å². The van der Waals surface area contributed by atoms with Crippen molar-refractivity contribution < 1.29 is 133 Å². The number of carbonyl (C=O) groups is 2. The van der Waals surface area contributed by atoms with Crippen molar-refractivity contribution >= 4 is 86.5 Å². The van der Waals surface area contributed by atoms with Crippen molar-refractivity contribution in [2.24, 2.45) is 5.14 Å². The Morgan fingerprint density at radius 2 is 0.880 bits per heavy atom. The fourth-order valence-corrected chi connectivity index (χ4v) is 8.67. The zero-order chi connectivity index (χ0) is 36.5. The summed E-state index contributed by atoms with van der Waals surface area (Å²) in [5, 5.41) is 4.70. The van der Waals surface area contributed by atoms with Gasteiger partial charge in [-0.05, 0) is 26.3 Å². The maximum absolute atomic E-state index is 11.8. The monoisotopic (exact) mass is 1130 g/mol. The summed E-state index contributed by atoms with van der Waals surface area (Å²) < 4.78 is 70.2. The molecule has 0 saturated heterocycles. The molecule has 3 aromatic carbocycles. The van der Waals surface area contributed by atoms with Gasteiger partial charge in [-0.15, -0.1) is 57.4 Å². The average molecular weight is 1130 g/mol. The number of halogens is 3. The van der Waals surface area contributed by atoms with Gasteiger partial charge in [0.2, 0.25) is 30.2 Å². The fraction of sp³-hybridized carbons (Fsp3) is 0.355. The summed E-state index contributed by atoms with van der Waals surface area (Å²) in [5.41, 5.74) is 6.35. The van der Waals surface area contributed by atoms with Crippen LogP contribution in [0.15, 0.2) is 32.9 Å². The number of rotatable bonds is 4. The molecular formula is C31H40Cl2IN2O8S3Y3-3. The standard InChI is InChI=1S/C11H14NO3S.C9H10ClO2S.C9H12NO2S.C2H3ClO.HI.3Y/c1-7-5-8(2)11(9(3)6-7)16(14,15)12-10(4)13;2*1-6-4-7(2)9(8(3)5-6)13(10,11)12;1-2(3)4;;;;/h5H,1-4H3,(H,12,13);4H,1-3H3;4H,1-3H3,(H2,10,11,12);1H3;1H;;;/q3*-1;;;;;. The van der Waals surface area contributed by atoms with Gasteiger partial charge in [-0.25, -0.2) is 30.4 Å². The Balaban J connectivity index is -0.000000186. The Morgan fingerprint density at radius 1 is 0.620 bits per heavy atom. The van der Waals surface area contributed by atoms with E-state index in [9.17, 15) is 34.8 Å². The predicted molar refractivity (Wildman–Crippen MR) is 196 cm³/mol. The molecule has 10 nitrogen and oxygen atoms in total. The van der Waals surface area contributed by atoms with Gasteiger partial charge >= 0.3 is 0 Å². The number of nitrogens with one attached hydrogen (secondary N) is 1. The van der Waals surface area contributed by atoms with Crippen LogP contribution in [0.2, 0.25) is 0 Å². The molecule has 273 valence electrons. The van der Waals surface area contributed by atoms with E-state index in [1.807, 2.05) is 25.5 Å². The molecular weight excluding hydrogens is 1090 g/mol. The number of benzene rings is 3. The van der Waals surface area contributed by atoms with E-state index in [2.05, 4.69) is 29.8 Å². The molecule has 0 saturated carbocycles. The van der Waals surface area contributed by atoms with E-state index in [4.69, 9.17) is 15.8 Å². The molecule has 3 rings (SSSR count). The summed E-state index contributed by atoms with van der Waals surface area (Å²) in [6.45, 7) is 18.2. The van der Waals surface area contributed by atoms with Gasteiger partial charge in [-0.1, -0.05) is 62.3 Å². The molecule has 0 aliphatic rings. The third kappa shape index (κ3) is 22.0. The maximum Gasteiger partial charge on any atom is 0.229 e. The number of primary sulfonamides is 1. The summed E-state index contributed by atoms with van der Waals surface area (Å²) in [6, 6.07) is 14.0. The zero-order valence-corrected chi connectivity index (χ0v) is 44.5. The van der Waals surface area contributed by atoms with Gasteiger partial charge < -0.3 is 0 Å². The van der Waals surface area contributed by atoms with Gasteiger partial charge in [0.05, 0.1) is 0 Å². The Hall–Kier alpha value is 1.23. The first-order valence-corrected chi connectivity index (χ1v) is 19.0. The second-order valence-electron chi connectivity index (χ2n) is 10.4. The molecule has 0 spiro atoms. The second-order valence-corrected chi connectivity index (χ2v) is 16.5. The largest absolute Gasteiger partial charge is 0.282 e. The SMILES string of the molecule is CC(=O)Cl.CC(=O)NS(=O)(=O)c1c(C)[c-]c(C)cc1C.Cc1[c-]c(C)c(S(=O)(=O)Cl)c(C)c1.Cc1[c-]c(C)c(S(N)(=O)=O)c(C)c1.I.[Y].[Y].[Y]. The van der Waals surface area contributed by atoms with E-state index in [0.29, 0.717) is 33.4 Å². The van der Waals surface area contributed by atoms with Crippen molar-refractivity contribution in [2.75, 3.05) is 0 Å². The molecule has 0 aliphatic carbocycles. The normalized spacial score (nSPS) is 10.2. The minimum absolute atomic E-state index is 0. The second kappa shape index (κ2) is 26.2. The fourth-order valence-electron chi connectivity index (χ4n) is 4.69. The average Bonchev–Trinajstić information content (AvgIpc) is 2.74. The van der Waals surface area contributed by atoms with Crippen LogP contribution in [0.1, 0.15) is 63.9 Å². The van der Waals surface area contributed by atoms with E-state index in [1.54, 1.807) is 59.7 Å². The molecule has 0 aliphatic heterocycles. The molecule has 19 heteroatoms. The van der Waals surface area contributed by atoms with E-state index in [0.717, 1.165) is 16.7 Å². The molecule has 0 heterocycles. The molecule has 0 aromatic heterocycles. The van der Waals surface area contributed by atoms with Gasteiger partial charge in [-0.3, -0.25) is 14.3 Å². The van der Waals surface area contributed by atoms with E-state index in [-0.39, 0.29) is 142 Å². The minimum Gasteiger partial charge on any atom is -0.282 e. The van der Waals surface area contributed by atoms with Gasteiger partial charge in [0.25, 0.3) is 0 Å². The predicted octanol–water partition coefficient (Wildman–Crippen LogP) is 6.02. The molecule has 3 N–H and O–H groups in total. The van der Waals surface area contributed by atoms with E-state index >= 15 is 0 Å². The topological polar surface area (TPSA) is 175 Å². The quantitative estimate of drug-likeness (QED) is 0.181. The van der Waals surface area contributed by atoms with Crippen LogP contribution in [0.3, 0.4) is 0 Å². The Morgan fingerprint density at radius 3 is 1.10 bits per heavy atom. The molecule has 1 amide bonds.